The van der Waals surface area contributed by atoms with E-state index in [0.29, 0.717) is 16.9 Å². The van der Waals surface area contributed by atoms with Gasteiger partial charge in [0, 0.05) is 11.3 Å². The molecule has 0 heterocycles. The lowest BCUT2D eigenvalue weighted by Crippen LogP contribution is -2.30. The maximum atomic E-state index is 12.9. The van der Waals surface area contributed by atoms with E-state index in [9.17, 15) is 22.8 Å². The molecule has 0 unspecified atom stereocenters. The van der Waals surface area contributed by atoms with Gasteiger partial charge in [-0.05, 0) is 60.2 Å². The van der Waals surface area contributed by atoms with Crippen molar-refractivity contribution in [3.63, 3.8) is 0 Å². The summed E-state index contributed by atoms with van der Waals surface area (Å²) in [6.45, 7) is 0. The summed E-state index contributed by atoms with van der Waals surface area (Å²) in [4.78, 5) is 25.5. The third-order valence-electron chi connectivity index (χ3n) is 4.30. The van der Waals surface area contributed by atoms with Gasteiger partial charge in [-0.1, -0.05) is 30.3 Å². The molecule has 0 radical (unpaired) electrons. The zero-order valence-electron chi connectivity index (χ0n) is 17.3. The largest absolute Gasteiger partial charge is 0.573 e. The quantitative estimate of drug-likeness (QED) is 0.491. The van der Waals surface area contributed by atoms with Crippen LogP contribution in [0.3, 0.4) is 0 Å². The number of carbonyl (C=O) groups excluding carboxylic acids is 2. The standard InChI is InChI=1S/C24H19F3N2O4/c1-32-19-11-7-16(8-12-19)15-21(29-22(30)17-5-3-2-4-6-17)23(31)28-18-9-13-20(14-10-18)33-24(25,26)27/h2-15H,1H3,(H,28,31)(H,29,30)/b21-15-. The van der Waals surface area contributed by atoms with Crippen LogP contribution in [0.4, 0.5) is 18.9 Å². The van der Waals surface area contributed by atoms with Gasteiger partial charge in [-0.2, -0.15) is 0 Å². The number of rotatable bonds is 7. The maximum Gasteiger partial charge on any atom is 0.573 e. The number of nitrogens with one attached hydrogen (secondary N) is 2. The lowest BCUT2D eigenvalue weighted by molar-refractivity contribution is -0.274. The van der Waals surface area contributed by atoms with Crippen molar-refractivity contribution in [2.45, 2.75) is 6.36 Å². The van der Waals surface area contributed by atoms with Crippen LogP contribution in [0.5, 0.6) is 11.5 Å². The molecule has 6 nitrogen and oxygen atoms in total. The van der Waals surface area contributed by atoms with E-state index in [1.807, 2.05) is 0 Å². The number of methoxy groups -OCH3 is 1. The summed E-state index contributed by atoms with van der Waals surface area (Å²) in [6, 6.07) is 19.7. The lowest BCUT2D eigenvalue weighted by Gasteiger charge is -2.13. The van der Waals surface area contributed by atoms with Crippen molar-refractivity contribution < 1.29 is 32.2 Å². The smallest absolute Gasteiger partial charge is 0.497 e. The van der Waals surface area contributed by atoms with Gasteiger partial charge in [-0.3, -0.25) is 9.59 Å². The van der Waals surface area contributed by atoms with Gasteiger partial charge in [0.15, 0.2) is 0 Å². The average Bonchev–Trinajstić information content (AvgIpc) is 2.80. The van der Waals surface area contributed by atoms with Gasteiger partial charge in [-0.25, -0.2) is 0 Å². The monoisotopic (exact) mass is 456 g/mol. The molecule has 0 spiro atoms. The summed E-state index contributed by atoms with van der Waals surface area (Å²) < 4.78 is 45.9. The van der Waals surface area contributed by atoms with Crippen LogP contribution in [0, 0.1) is 0 Å². The summed E-state index contributed by atoms with van der Waals surface area (Å²) >= 11 is 0. The summed E-state index contributed by atoms with van der Waals surface area (Å²) in [5.41, 5.74) is 1.11. The number of carbonyl (C=O) groups is 2. The summed E-state index contributed by atoms with van der Waals surface area (Å²) in [5.74, 6) is -0.974. The molecule has 0 aliphatic carbocycles. The van der Waals surface area contributed by atoms with Crippen molar-refractivity contribution in [3.05, 3.63) is 95.7 Å². The molecule has 2 N–H and O–H groups in total. The van der Waals surface area contributed by atoms with E-state index in [1.54, 1.807) is 54.6 Å². The molecule has 0 aliphatic rings. The van der Waals surface area contributed by atoms with Gasteiger partial charge in [0.2, 0.25) is 0 Å². The predicted octanol–water partition coefficient (Wildman–Crippen LogP) is 5.00. The predicted molar refractivity (Wildman–Crippen MR) is 117 cm³/mol. The van der Waals surface area contributed by atoms with Crippen LogP contribution in [0.1, 0.15) is 15.9 Å². The van der Waals surface area contributed by atoms with Gasteiger partial charge in [0.05, 0.1) is 7.11 Å². The second-order valence-electron chi connectivity index (χ2n) is 6.68. The Hall–Kier alpha value is -4.27. The molecule has 0 saturated heterocycles. The summed E-state index contributed by atoms with van der Waals surface area (Å²) in [7, 11) is 1.52. The Balaban J connectivity index is 1.82. The number of ether oxygens (including phenoxy) is 2. The number of halogens is 3. The van der Waals surface area contributed by atoms with Crippen LogP contribution < -0.4 is 20.1 Å². The second kappa shape index (κ2) is 10.4. The van der Waals surface area contributed by atoms with E-state index in [1.165, 1.54) is 25.3 Å². The minimum Gasteiger partial charge on any atom is -0.497 e. The first-order chi connectivity index (χ1) is 15.7. The van der Waals surface area contributed by atoms with Gasteiger partial charge < -0.3 is 20.1 Å². The van der Waals surface area contributed by atoms with Crippen LogP contribution in [-0.4, -0.2) is 25.3 Å². The highest BCUT2D eigenvalue weighted by molar-refractivity contribution is 6.10. The Bertz CT molecular complexity index is 1130. The fraction of sp³-hybridized carbons (Fsp3) is 0.0833. The van der Waals surface area contributed by atoms with E-state index < -0.39 is 23.9 Å². The van der Waals surface area contributed by atoms with E-state index in [-0.39, 0.29) is 11.4 Å². The molecular formula is C24H19F3N2O4. The molecule has 33 heavy (non-hydrogen) atoms. The van der Waals surface area contributed by atoms with E-state index in [0.717, 1.165) is 12.1 Å². The molecule has 3 rings (SSSR count). The molecule has 0 saturated carbocycles. The first kappa shape index (κ1) is 23.4. The van der Waals surface area contributed by atoms with Crippen LogP contribution in [0.2, 0.25) is 0 Å². The van der Waals surface area contributed by atoms with Crippen molar-refractivity contribution in [3.8, 4) is 11.5 Å². The topological polar surface area (TPSA) is 76.7 Å². The number of hydrogen-bond acceptors (Lipinski definition) is 4. The van der Waals surface area contributed by atoms with Crippen LogP contribution in [0.15, 0.2) is 84.6 Å². The number of anilines is 1. The molecule has 170 valence electrons. The highest BCUT2D eigenvalue weighted by Gasteiger charge is 2.31. The second-order valence-corrected chi connectivity index (χ2v) is 6.68. The zero-order chi connectivity index (χ0) is 23.8. The van der Waals surface area contributed by atoms with Gasteiger partial charge >= 0.3 is 6.36 Å². The third-order valence-corrected chi connectivity index (χ3v) is 4.30. The van der Waals surface area contributed by atoms with Crippen molar-refractivity contribution in [1.82, 2.24) is 5.32 Å². The van der Waals surface area contributed by atoms with E-state index in [2.05, 4.69) is 15.4 Å². The SMILES string of the molecule is COc1ccc(/C=C(\NC(=O)c2ccccc2)C(=O)Nc2ccc(OC(F)(F)F)cc2)cc1. The average molecular weight is 456 g/mol. The highest BCUT2D eigenvalue weighted by Crippen LogP contribution is 2.24. The summed E-state index contributed by atoms with van der Waals surface area (Å²) in [6.07, 6.45) is -3.35. The first-order valence-electron chi connectivity index (χ1n) is 9.63. The number of alkyl halides is 3. The van der Waals surface area contributed by atoms with Gasteiger partial charge in [0.1, 0.15) is 17.2 Å². The molecule has 0 fully saturated rings. The Labute approximate surface area is 187 Å². The lowest BCUT2D eigenvalue weighted by atomic mass is 10.1. The summed E-state index contributed by atoms with van der Waals surface area (Å²) in [5, 5.41) is 5.13. The Morgan fingerprint density at radius 3 is 2.03 bits per heavy atom. The molecule has 9 heteroatoms. The molecule has 0 bridgehead atoms. The van der Waals surface area contributed by atoms with Crippen molar-refractivity contribution >= 4 is 23.6 Å². The van der Waals surface area contributed by atoms with Crippen molar-refractivity contribution in [2.75, 3.05) is 12.4 Å². The normalized spacial score (nSPS) is 11.5. The van der Waals surface area contributed by atoms with Crippen molar-refractivity contribution in [1.29, 1.82) is 0 Å². The van der Waals surface area contributed by atoms with Crippen LogP contribution in [0.25, 0.3) is 6.08 Å². The van der Waals surface area contributed by atoms with E-state index in [4.69, 9.17) is 4.74 Å². The number of benzene rings is 3. The Morgan fingerprint density at radius 1 is 0.848 bits per heavy atom. The molecule has 0 aliphatic heterocycles. The minimum absolute atomic E-state index is 0.0652. The molecule has 0 atom stereocenters. The fourth-order valence-electron chi connectivity index (χ4n) is 2.75. The molecule has 0 aromatic heterocycles. The number of amides is 2. The molecular weight excluding hydrogens is 437 g/mol. The Kier molecular flexibility index (Phi) is 7.34. The van der Waals surface area contributed by atoms with Crippen molar-refractivity contribution in [2.24, 2.45) is 0 Å². The fourth-order valence-corrected chi connectivity index (χ4v) is 2.75. The third kappa shape index (κ3) is 7.13. The number of hydrogen-bond donors (Lipinski definition) is 2. The highest BCUT2D eigenvalue weighted by atomic mass is 19.4. The first-order valence-corrected chi connectivity index (χ1v) is 9.63. The van der Waals surface area contributed by atoms with Crippen LogP contribution in [-0.2, 0) is 4.79 Å². The molecule has 3 aromatic rings. The Morgan fingerprint density at radius 2 is 1.45 bits per heavy atom. The maximum absolute atomic E-state index is 12.9. The van der Waals surface area contributed by atoms with Gasteiger partial charge in [0.25, 0.3) is 11.8 Å². The van der Waals surface area contributed by atoms with Crippen LogP contribution >= 0.6 is 0 Å². The molecule has 3 aromatic carbocycles. The minimum atomic E-state index is -4.82. The van der Waals surface area contributed by atoms with E-state index >= 15 is 0 Å². The molecule has 2 amide bonds. The van der Waals surface area contributed by atoms with Gasteiger partial charge in [-0.15, -0.1) is 13.2 Å². The zero-order valence-corrected chi connectivity index (χ0v) is 17.3.